The number of carbonyl (C=O) groups is 2. The first-order valence-electron chi connectivity index (χ1n) is 14.6. The van der Waals surface area contributed by atoms with Crippen molar-refractivity contribution in [2.45, 2.75) is 56.8 Å². The Bertz CT molecular complexity index is 1300. The number of piperazine rings is 1. The van der Waals surface area contributed by atoms with Crippen molar-refractivity contribution in [3.05, 3.63) is 53.0 Å². The number of nitrogens with zero attached hydrogens (tertiary/aromatic N) is 4. The lowest BCUT2D eigenvalue weighted by Crippen LogP contribution is -2.63. The SMILES string of the molecule is C[C@@H]1CN(CC(=O)N2c3cc(Cc4ccc(F)cc4)c(C(N)=O)nc3OC[C@@H]2C)[C@@H](CN2CCOCC23CC3)CN1. The van der Waals surface area contributed by atoms with Gasteiger partial charge >= 0.3 is 0 Å². The fourth-order valence-electron chi connectivity index (χ4n) is 6.43. The Morgan fingerprint density at radius 2 is 2.00 bits per heavy atom. The number of morpholine rings is 1. The van der Waals surface area contributed by atoms with Gasteiger partial charge in [0.15, 0.2) is 0 Å². The van der Waals surface area contributed by atoms with Crippen LogP contribution in [0.15, 0.2) is 30.3 Å². The number of anilines is 1. The molecule has 3 aliphatic heterocycles. The van der Waals surface area contributed by atoms with E-state index < -0.39 is 5.91 Å². The van der Waals surface area contributed by atoms with Gasteiger partial charge in [0.25, 0.3) is 5.91 Å². The van der Waals surface area contributed by atoms with Gasteiger partial charge in [-0.15, -0.1) is 0 Å². The number of hydrogen-bond donors (Lipinski definition) is 2. The predicted molar refractivity (Wildman–Crippen MR) is 152 cm³/mol. The van der Waals surface area contributed by atoms with Gasteiger partial charge in [0.2, 0.25) is 11.8 Å². The highest BCUT2D eigenvalue weighted by molar-refractivity contribution is 5.98. The predicted octanol–water partition coefficient (Wildman–Crippen LogP) is 1.55. The molecular formula is C30H39FN6O4. The van der Waals surface area contributed by atoms with Crippen LogP contribution in [0.25, 0.3) is 0 Å². The molecule has 1 spiro atoms. The van der Waals surface area contributed by atoms with Gasteiger partial charge in [-0.2, -0.15) is 0 Å². The maximum absolute atomic E-state index is 14.1. The number of fused-ring (bicyclic) bond motifs is 1. The zero-order valence-electron chi connectivity index (χ0n) is 23.8. The largest absolute Gasteiger partial charge is 0.474 e. The van der Waals surface area contributed by atoms with E-state index in [4.69, 9.17) is 15.2 Å². The molecule has 2 saturated heterocycles. The number of carbonyl (C=O) groups excluding carboxylic acids is 2. The Labute approximate surface area is 240 Å². The average Bonchev–Trinajstić information content (AvgIpc) is 3.72. The van der Waals surface area contributed by atoms with E-state index >= 15 is 0 Å². The van der Waals surface area contributed by atoms with Crippen LogP contribution in [0.4, 0.5) is 10.1 Å². The first kappa shape index (κ1) is 28.0. The highest BCUT2D eigenvalue weighted by Crippen LogP contribution is 2.43. The summed E-state index contributed by atoms with van der Waals surface area (Å²) in [6.07, 6.45) is 2.66. The molecule has 2 amide bonds. The van der Waals surface area contributed by atoms with Gasteiger partial charge in [0.1, 0.15) is 23.8 Å². The molecule has 4 aliphatic rings. The third kappa shape index (κ3) is 5.81. The molecule has 11 heteroatoms. The number of nitrogens with one attached hydrogen (secondary N) is 1. The Morgan fingerprint density at radius 1 is 1.22 bits per heavy atom. The molecule has 0 bridgehead atoms. The fraction of sp³-hybridized carbons (Fsp3) is 0.567. The molecule has 0 radical (unpaired) electrons. The van der Waals surface area contributed by atoms with Crippen LogP contribution >= 0.6 is 0 Å². The van der Waals surface area contributed by atoms with Gasteiger partial charge in [0.05, 0.1) is 25.8 Å². The lowest BCUT2D eigenvalue weighted by atomic mass is 10.0. The van der Waals surface area contributed by atoms with Crippen molar-refractivity contribution < 1.29 is 23.5 Å². The average molecular weight is 567 g/mol. The van der Waals surface area contributed by atoms with E-state index in [1.807, 2.05) is 6.92 Å². The molecule has 10 nitrogen and oxygen atoms in total. The maximum Gasteiger partial charge on any atom is 0.267 e. The molecule has 2 aromatic rings. The van der Waals surface area contributed by atoms with Gasteiger partial charge in [-0.1, -0.05) is 12.1 Å². The van der Waals surface area contributed by atoms with Gasteiger partial charge < -0.3 is 25.4 Å². The van der Waals surface area contributed by atoms with Crippen molar-refractivity contribution in [3.63, 3.8) is 0 Å². The number of ether oxygens (including phenoxy) is 2. The number of primary amides is 1. The number of benzene rings is 1. The van der Waals surface area contributed by atoms with Gasteiger partial charge in [-0.05, 0) is 62.4 Å². The highest BCUT2D eigenvalue weighted by atomic mass is 19.1. The van der Waals surface area contributed by atoms with Crippen molar-refractivity contribution in [2.75, 3.05) is 57.4 Å². The molecule has 3 fully saturated rings. The van der Waals surface area contributed by atoms with Crippen molar-refractivity contribution in [1.82, 2.24) is 20.1 Å². The van der Waals surface area contributed by atoms with Crippen molar-refractivity contribution >= 4 is 17.5 Å². The molecule has 220 valence electrons. The first-order chi connectivity index (χ1) is 19.7. The van der Waals surface area contributed by atoms with Crippen LogP contribution in [-0.4, -0.2) is 103 Å². The summed E-state index contributed by atoms with van der Waals surface area (Å²) in [5.41, 5.74) is 7.84. The second-order valence-corrected chi connectivity index (χ2v) is 12.0. The summed E-state index contributed by atoms with van der Waals surface area (Å²) in [5, 5.41) is 3.61. The minimum absolute atomic E-state index is 0.0365. The lowest BCUT2D eigenvalue weighted by Gasteiger charge is -2.45. The Balaban J connectivity index is 1.25. The van der Waals surface area contributed by atoms with Crippen LogP contribution in [0.3, 0.4) is 0 Å². The molecular weight excluding hydrogens is 527 g/mol. The summed E-state index contributed by atoms with van der Waals surface area (Å²) in [6.45, 7) is 9.59. The number of pyridine rings is 1. The molecule has 1 aliphatic carbocycles. The number of amides is 2. The van der Waals surface area contributed by atoms with Crippen LogP contribution < -0.4 is 20.7 Å². The van der Waals surface area contributed by atoms with Crippen LogP contribution in [0, 0.1) is 5.82 Å². The summed E-state index contributed by atoms with van der Waals surface area (Å²) in [5.74, 6) is -0.833. The summed E-state index contributed by atoms with van der Waals surface area (Å²) in [7, 11) is 0. The molecule has 3 atom stereocenters. The highest BCUT2D eigenvalue weighted by Gasteiger charge is 2.50. The molecule has 3 N–H and O–H groups in total. The molecule has 4 heterocycles. The minimum atomic E-state index is -0.681. The topological polar surface area (TPSA) is 113 Å². The van der Waals surface area contributed by atoms with E-state index in [-0.39, 0.29) is 60.1 Å². The quantitative estimate of drug-likeness (QED) is 0.519. The summed E-state index contributed by atoms with van der Waals surface area (Å²) < 4.78 is 25.2. The second-order valence-electron chi connectivity index (χ2n) is 12.0. The Kier molecular flexibility index (Phi) is 7.71. The summed E-state index contributed by atoms with van der Waals surface area (Å²) >= 11 is 0. The summed E-state index contributed by atoms with van der Waals surface area (Å²) in [4.78, 5) is 37.5. The number of rotatable bonds is 7. The normalized spacial score (nSPS) is 25.9. The maximum atomic E-state index is 14.1. The molecule has 1 aromatic heterocycles. The minimum Gasteiger partial charge on any atom is -0.474 e. The van der Waals surface area contributed by atoms with Gasteiger partial charge in [-0.25, -0.2) is 9.37 Å². The zero-order valence-corrected chi connectivity index (χ0v) is 23.8. The first-order valence-corrected chi connectivity index (χ1v) is 14.6. The number of halogens is 1. The standard InChI is InChI=1S/C30H39FN6O4/c1-19-14-35(24(13-33-19)15-36-9-10-40-18-30(36)7-8-30)16-26(38)37-20(2)17-41-29-25(37)12-22(27(34-29)28(32)39)11-21-3-5-23(31)6-4-21/h3-6,12,19-20,24,33H,7-11,13-18H2,1-2H3,(H2,32,39)/t19-,20+,24-/m1/s1. The van der Waals surface area contributed by atoms with Crippen molar-refractivity contribution in [3.8, 4) is 5.88 Å². The zero-order chi connectivity index (χ0) is 28.7. The van der Waals surface area contributed by atoms with Crippen LogP contribution in [0.5, 0.6) is 5.88 Å². The van der Waals surface area contributed by atoms with E-state index in [1.165, 1.54) is 25.0 Å². The van der Waals surface area contributed by atoms with Crippen LogP contribution in [0.1, 0.15) is 48.3 Å². The van der Waals surface area contributed by atoms with Gasteiger partial charge in [0, 0.05) is 43.8 Å². The molecule has 1 aromatic carbocycles. The summed E-state index contributed by atoms with van der Waals surface area (Å²) in [6, 6.07) is 8.10. The molecule has 1 saturated carbocycles. The molecule has 6 rings (SSSR count). The van der Waals surface area contributed by atoms with Crippen LogP contribution in [0.2, 0.25) is 0 Å². The van der Waals surface area contributed by atoms with E-state index in [1.54, 1.807) is 23.1 Å². The second kappa shape index (κ2) is 11.3. The van der Waals surface area contributed by atoms with Gasteiger partial charge in [-0.3, -0.25) is 19.4 Å². The Hall–Kier alpha value is -3.12. The third-order valence-electron chi connectivity index (χ3n) is 8.89. The van der Waals surface area contributed by atoms with Crippen LogP contribution in [-0.2, 0) is 16.0 Å². The smallest absolute Gasteiger partial charge is 0.267 e. The van der Waals surface area contributed by atoms with E-state index in [2.05, 4.69) is 27.0 Å². The molecule has 41 heavy (non-hydrogen) atoms. The van der Waals surface area contributed by atoms with Crippen molar-refractivity contribution in [1.29, 1.82) is 0 Å². The lowest BCUT2D eigenvalue weighted by molar-refractivity contribution is -0.122. The fourth-order valence-corrected chi connectivity index (χ4v) is 6.43. The Morgan fingerprint density at radius 3 is 2.73 bits per heavy atom. The van der Waals surface area contributed by atoms with E-state index in [0.717, 1.165) is 45.0 Å². The number of nitrogens with two attached hydrogens (primary N) is 1. The van der Waals surface area contributed by atoms with E-state index in [0.29, 0.717) is 17.7 Å². The molecule has 0 unspecified atom stereocenters. The number of hydrogen-bond acceptors (Lipinski definition) is 8. The third-order valence-corrected chi connectivity index (χ3v) is 8.89. The van der Waals surface area contributed by atoms with E-state index in [9.17, 15) is 14.0 Å². The number of aromatic nitrogens is 1. The monoisotopic (exact) mass is 566 g/mol. The van der Waals surface area contributed by atoms with Crippen molar-refractivity contribution in [2.24, 2.45) is 5.73 Å².